The number of sulfone groups is 1. The molecule has 0 bridgehead atoms. The van der Waals surface area contributed by atoms with Gasteiger partial charge in [-0.3, -0.25) is 0 Å². The number of hydrogen-bond acceptors (Lipinski definition) is 4. The summed E-state index contributed by atoms with van der Waals surface area (Å²) in [4.78, 5) is 2.98. The Morgan fingerprint density at radius 1 is 0.957 bits per heavy atom. The second-order valence-corrected chi connectivity index (χ2v) is 7.95. The topological polar surface area (TPSA) is 49.4 Å². The van der Waals surface area contributed by atoms with Crippen molar-refractivity contribution in [2.75, 3.05) is 25.5 Å². The molecule has 0 aromatic heterocycles. The van der Waals surface area contributed by atoms with Crippen LogP contribution >= 0.6 is 0 Å². The number of nitrogens with zero attached hydrogens (tertiary/aromatic N) is 1. The van der Waals surface area contributed by atoms with E-state index in [9.17, 15) is 8.42 Å². The van der Waals surface area contributed by atoms with E-state index in [4.69, 9.17) is 0 Å². The van der Waals surface area contributed by atoms with Crippen LogP contribution in [0, 0.1) is 0 Å². The first-order valence-electron chi connectivity index (χ1n) is 7.91. The molecule has 1 aliphatic heterocycles. The molecule has 0 atom stereocenters. The largest absolute Gasteiger partial charge is 0.381 e. The molecule has 1 fully saturated rings. The van der Waals surface area contributed by atoms with Crippen molar-refractivity contribution in [3.63, 3.8) is 0 Å². The van der Waals surface area contributed by atoms with Gasteiger partial charge in [-0.25, -0.2) is 8.42 Å². The number of hydrogen-bond donors (Lipinski definition) is 1. The quantitative estimate of drug-likeness (QED) is 0.936. The Labute approximate surface area is 138 Å². The Bertz CT molecular complexity index is 752. The first kappa shape index (κ1) is 16.0. The van der Waals surface area contributed by atoms with Crippen molar-refractivity contribution < 1.29 is 8.42 Å². The molecule has 2 aromatic rings. The van der Waals surface area contributed by atoms with Crippen LogP contribution in [0.15, 0.2) is 64.4 Å². The Kier molecular flexibility index (Phi) is 4.68. The first-order chi connectivity index (χ1) is 11.1. The highest BCUT2D eigenvalue weighted by Gasteiger charge is 2.23. The van der Waals surface area contributed by atoms with E-state index in [-0.39, 0.29) is 0 Å². The average Bonchev–Trinajstić information content (AvgIpc) is 2.58. The Morgan fingerprint density at radius 2 is 1.57 bits per heavy atom. The minimum absolute atomic E-state index is 0.318. The lowest BCUT2D eigenvalue weighted by atomic mass is 10.1. The zero-order valence-electron chi connectivity index (χ0n) is 13.3. The van der Waals surface area contributed by atoms with Crippen molar-refractivity contribution in [1.29, 1.82) is 0 Å². The summed E-state index contributed by atoms with van der Waals surface area (Å²) < 4.78 is 25.8. The highest BCUT2D eigenvalue weighted by atomic mass is 32.2. The summed E-state index contributed by atoms with van der Waals surface area (Å²) >= 11 is 0. The molecule has 2 aromatic carbocycles. The standard InChI is InChI=1S/C18H22N2O2S/c1-20-13-11-15(12-14-20)19-17-9-5-6-10-18(17)23(21,22)16-7-3-2-4-8-16/h2-10,15,19H,11-14H2,1H3. The predicted molar refractivity (Wildman–Crippen MR) is 92.5 cm³/mol. The molecule has 1 N–H and O–H groups in total. The van der Waals surface area contributed by atoms with Crippen LogP contribution in [0.5, 0.6) is 0 Å². The molecule has 5 heteroatoms. The molecule has 1 aliphatic rings. The van der Waals surface area contributed by atoms with E-state index in [1.807, 2.05) is 18.2 Å². The minimum Gasteiger partial charge on any atom is -0.381 e. The average molecular weight is 330 g/mol. The van der Waals surface area contributed by atoms with Gasteiger partial charge in [-0.15, -0.1) is 0 Å². The molecular formula is C18H22N2O2S. The molecule has 0 saturated carbocycles. The number of para-hydroxylation sites is 1. The van der Waals surface area contributed by atoms with Crippen LogP contribution in [0.4, 0.5) is 5.69 Å². The van der Waals surface area contributed by atoms with Crippen LogP contribution in [-0.2, 0) is 9.84 Å². The summed E-state index contributed by atoms with van der Waals surface area (Å²) in [6.45, 7) is 2.07. The number of benzene rings is 2. The van der Waals surface area contributed by atoms with E-state index in [1.165, 1.54) is 0 Å². The zero-order valence-corrected chi connectivity index (χ0v) is 14.1. The normalized spacial score (nSPS) is 17.1. The number of rotatable bonds is 4. The van der Waals surface area contributed by atoms with Crippen molar-refractivity contribution in [3.8, 4) is 0 Å². The molecule has 0 aliphatic carbocycles. The maximum atomic E-state index is 12.9. The Balaban J connectivity index is 1.89. The van der Waals surface area contributed by atoms with Gasteiger partial charge in [0.05, 0.1) is 15.5 Å². The van der Waals surface area contributed by atoms with E-state index in [0.29, 0.717) is 21.5 Å². The van der Waals surface area contributed by atoms with Crippen molar-refractivity contribution in [3.05, 3.63) is 54.6 Å². The molecule has 1 heterocycles. The van der Waals surface area contributed by atoms with Crippen LogP contribution in [-0.4, -0.2) is 39.5 Å². The number of anilines is 1. The third kappa shape index (κ3) is 3.57. The molecule has 122 valence electrons. The van der Waals surface area contributed by atoms with Crippen molar-refractivity contribution >= 4 is 15.5 Å². The van der Waals surface area contributed by atoms with E-state index in [2.05, 4.69) is 17.3 Å². The summed E-state index contributed by atoms with van der Waals surface area (Å²) in [5.74, 6) is 0. The highest BCUT2D eigenvalue weighted by molar-refractivity contribution is 7.91. The predicted octanol–water partition coefficient (Wildman–Crippen LogP) is 3.03. The summed E-state index contributed by atoms with van der Waals surface area (Å²) in [5.41, 5.74) is 0.700. The van der Waals surface area contributed by atoms with Gasteiger partial charge in [-0.05, 0) is 57.2 Å². The lowest BCUT2D eigenvalue weighted by Gasteiger charge is -2.30. The second kappa shape index (κ2) is 6.72. The van der Waals surface area contributed by atoms with E-state index in [1.54, 1.807) is 36.4 Å². The van der Waals surface area contributed by atoms with Crippen LogP contribution in [0.2, 0.25) is 0 Å². The van der Waals surface area contributed by atoms with E-state index in [0.717, 1.165) is 25.9 Å². The van der Waals surface area contributed by atoms with Gasteiger partial charge in [0.2, 0.25) is 9.84 Å². The smallest absolute Gasteiger partial charge is 0.208 e. The van der Waals surface area contributed by atoms with Crippen molar-refractivity contribution in [2.24, 2.45) is 0 Å². The SMILES string of the molecule is CN1CCC(Nc2ccccc2S(=O)(=O)c2ccccc2)CC1. The first-order valence-corrected chi connectivity index (χ1v) is 9.40. The van der Waals surface area contributed by atoms with Crippen molar-refractivity contribution in [2.45, 2.75) is 28.7 Å². The van der Waals surface area contributed by atoms with Gasteiger partial charge in [0, 0.05) is 6.04 Å². The third-order valence-electron chi connectivity index (χ3n) is 4.31. The molecule has 1 saturated heterocycles. The molecule has 4 nitrogen and oxygen atoms in total. The summed E-state index contributed by atoms with van der Waals surface area (Å²) in [6, 6.07) is 16.1. The van der Waals surface area contributed by atoms with Gasteiger partial charge in [0.15, 0.2) is 0 Å². The maximum Gasteiger partial charge on any atom is 0.208 e. The fraction of sp³-hybridized carbons (Fsp3) is 0.333. The van der Waals surface area contributed by atoms with Crippen LogP contribution in [0.3, 0.4) is 0 Å². The summed E-state index contributed by atoms with van der Waals surface area (Å²) in [7, 11) is -1.39. The lowest BCUT2D eigenvalue weighted by Crippen LogP contribution is -2.36. The fourth-order valence-electron chi connectivity index (χ4n) is 2.92. The highest BCUT2D eigenvalue weighted by Crippen LogP contribution is 2.29. The van der Waals surface area contributed by atoms with Gasteiger partial charge in [-0.1, -0.05) is 30.3 Å². The molecule has 0 amide bonds. The van der Waals surface area contributed by atoms with Crippen LogP contribution in [0.1, 0.15) is 12.8 Å². The lowest BCUT2D eigenvalue weighted by molar-refractivity contribution is 0.264. The molecular weight excluding hydrogens is 308 g/mol. The molecule has 0 radical (unpaired) electrons. The zero-order chi connectivity index (χ0) is 16.3. The molecule has 0 spiro atoms. The fourth-order valence-corrected chi connectivity index (χ4v) is 4.36. The number of nitrogens with one attached hydrogen (secondary N) is 1. The van der Waals surface area contributed by atoms with Gasteiger partial charge in [0.25, 0.3) is 0 Å². The second-order valence-electron chi connectivity index (χ2n) is 6.03. The molecule has 23 heavy (non-hydrogen) atoms. The Morgan fingerprint density at radius 3 is 2.26 bits per heavy atom. The minimum atomic E-state index is -3.50. The third-order valence-corrected chi connectivity index (χ3v) is 6.14. The van der Waals surface area contributed by atoms with Gasteiger partial charge < -0.3 is 10.2 Å². The van der Waals surface area contributed by atoms with E-state index >= 15 is 0 Å². The Hall–Kier alpha value is -1.85. The molecule has 3 rings (SSSR count). The number of piperidine rings is 1. The van der Waals surface area contributed by atoms with Crippen LogP contribution in [0.25, 0.3) is 0 Å². The van der Waals surface area contributed by atoms with Gasteiger partial charge in [0.1, 0.15) is 0 Å². The maximum absolute atomic E-state index is 12.9. The van der Waals surface area contributed by atoms with Crippen LogP contribution < -0.4 is 5.32 Å². The number of likely N-dealkylation sites (tertiary alicyclic amines) is 1. The van der Waals surface area contributed by atoms with Crippen molar-refractivity contribution in [1.82, 2.24) is 4.90 Å². The van der Waals surface area contributed by atoms with Gasteiger partial charge >= 0.3 is 0 Å². The summed E-state index contributed by atoms with van der Waals surface area (Å²) in [5, 5.41) is 3.44. The molecule has 0 unspecified atom stereocenters. The van der Waals surface area contributed by atoms with E-state index < -0.39 is 9.84 Å². The summed E-state index contributed by atoms with van der Waals surface area (Å²) in [6.07, 6.45) is 2.05. The monoisotopic (exact) mass is 330 g/mol. The van der Waals surface area contributed by atoms with Gasteiger partial charge in [-0.2, -0.15) is 0 Å².